The number of hydrogen-bond donors (Lipinski definition) is 1. The maximum Gasteiger partial charge on any atom is 0.123 e. The van der Waals surface area contributed by atoms with Crippen LogP contribution in [0.25, 0.3) is 0 Å². The number of anilines is 2. The molecule has 3 aliphatic heterocycles. The molecule has 0 saturated carbocycles. The Morgan fingerprint density at radius 2 is 1.82 bits per heavy atom. The SMILES string of the molecule is Fc1ccc(C2CC(CN3CCC(N4CNc5ccccc54)CC3)CO2)cc1. The smallest absolute Gasteiger partial charge is 0.123 e. The highest BCUT2D eigenvalue weighted by Crippen LogP contribution is 2.36. The van der Waals surface area contributed by atoms with E-state index in [2.05, 4.69) is 39.4 Å². The lowest BCUT2D eigenvalue weighted by Crippen LogP contribution is -2.46. The van der Waals surface area contributed by atoms with Crippen LogP contribution < -0.4 is 10.2 Å². The average Bonchev–Trinajstić information content (AvgIpc) is 3.36. The lowest BCUT2D eigenvalue weighted by Gasteiger charge is -2.38. The van der Waals surface area contributed by atoms with Crippen molar-refractivity contribution in [1.82, 2.24) is 4.90 Å². The van der Waals surface area contributed by atoms with Gasteiger partial charge in [-0.1, -0.05) is 24.3 Å². The molecule has 0 bridgehead atoms. The van der Waals surface area contributed by atoms with E-state index in [-0.39, 0.29) is 11.9 Å². The first-order chi connectivity index (χ1) is 13.8. The van der Waals surface area contributed by atoms with Crippen molar-refractivity contribution in [3.8, 4) is 0 Å². The molecule has 5 rings (SSSR count). The summed E-state index contributed by atoms with van der Waals surface area (Å²) in [6.45, 7) is 5.16. The lowest BCUT2D eigenvalue weighted by atomic mass is 9.97. The number of fused-ring (bicyclic) bond motifs is 1. The summed E-state index contributed by atoms with van der Waals surface area (Å²) in [4.78, 5) is 5.14. The third-order valence-electron chi connectivity index (χ3n) is 6.49. The topological polar surface area (TPSA) is 27.7 Å². The number of para-hydroxylation sites is 2. The first kappa shape index (κ1) is 18.0. The molecule has 0 aromatic heterocycles. The molecule has 2 saturated heterocycles. The van der Waals surface area contributed by atoms with Crippen LogP contribution in [0.1, 0.15) is 30.9 Å². The van der Waals surface area contributed by atoms with Crippen LogP contribution in [0.4, 0.5) is 15.8 Å². The Morgan fingerprint density at radius 1 is 1.04 bits per heavy atom. The van der Waals surface area contributed by atoms with Crippen LogP contribution in [0.2, 0.25) is 0 Å². The van der Waals surface area contributed by atoms with Gasteiger partial charge in [-0.2, -0.15) is 0 Å². The summed E-state index contributed by atoms with van der Waals surface area (Å²) in [6.07, 6.45) is 3.58. The van der Waals surface area contributed by atoms with Gasteiger partial charge in [0.05, 0.1) is 30.8 Å². The predicted octanol–water partition coefficient (Wildman–Crippen LogP) is 4.26. The standard InChI is InChI=1S/C23H28FN3O/c24-19-7-5-18(6-8-19)23-13-17(15-28-23)14-26-11-9-20(10-12-26)27-16-25-21-3-1-2-4-22(21)27/h1-8,17,20,23,25H,9-16H2. The molecule has 2 atom stereocenters. The largest absolute Gasteiger partial charge is 0.373 e. The van der Waals surface area contributed by atoms with Crippen molar-refractivity contribution in [3.05, 3.63) is 59.9 Å². The molecular weight excluding hydrogens is 353 g/mol. The summed E-state index contributed by atoms with van der Waals surface area (Å²) < 4.78 is 19.1. The molecule has 1 N–H and O–H groups in total. The van der Waals surface area contributed by atoms with Crippen LogP contribution in [-0.4, -0.2) is 43.9 Å². The molecule has 4 nitrogen and oxygen atoms in total. The zero-order valence-corrected chi connectivity index (χ0v) is 16.2. The lowest BCUT2D eigenvalue weighted by molar-refractivity contribution is 0.101. The summed E-state index contributed by atoms with van der Waals surface area (Å²) >= 11 is 0. The second-order valence-corrected chi connectivity index (χ2v) is 8.33. The highest BCUT2D eigenvalue weighted by molar-refractivity contribution is 5.74. The van der Waals surface area contributed by atoms with Gasteiger partial charge in [0.25, 0.3) is 0 Å². The molecule has 28 heavy (non-hydrogen) atoms. The Morgan fingerprint density at radius 3 is 2.64 bits per heavy atom. The molecule has 2 aromatic carbocycles. The fourth-order valence-corrected chi connectivity index (χ4v) is 4.96. The minimum atomic E-state index is -0.183. The van der Waals surface area contributed by atoms with E-state index >= 15 is 0 Å². The number of ether oxygens (including phenoxy) is 1. The van der Waals surface area contributed by atoms with Gasteiger partial charge in [-0.3, -0.25) is 0 Å². The zero-order valence-electron chi connectivity index (χ0n) is 16.2. The van der Waals surface area contributed by atoms with E-state index in [1.807, 2.05) is 12.1 Å². The summed E-state index contributed by atoms with van der Waals surface area (Å²) in [7, 11) is 0. The zero-order chi connectivity index (χ0) is 18.9. The Kier molecular flexibility index (Phi) is 4.95. The quantitative estimate of drug-likeness (QED) is 0.857. The van der Waals surface area contributed by atoms with E-state index in [0.717, 1.165) is 44.9 Å². The van der Waals surface area contributed by atoms with Crippen molar-refractivity contribution in [2.24, 2.45) is 5.92 Å². The summed E-state index contributed by atoms with van der Waals surface area (Å²) in [6, 6.07) is 16.0. The monoisotopic (exact) mass is 381 g/mol. The summed E-state index contributed by atoms with van der Waals surface area (Å²) in [5, 5.41) is 3.51. The molecule has 2 unspecified atom stereocenters. The molecule has 0 aliphatic carbocycles. The van der Waals surface area contributed by atoms with Gasteiger partial charge in [0.1, 0.15) is 5.82 Å². The van der Waals surface area contributed by atoms with Crippen LogP contribution >= 0.6 is 0 Å². The number of rotatable bonds is 4. The van der Waals surface area contributed by atoms with Gasteiger partial charge >= 0.3 is 0 Å². The van der Waals surface area contributed by atoms with Gasteiger partial charge in [0, 0.05) is 25.7 Å². The van der Waals surface area contributed by atoms with Crippen molar-refractivity contribution >= 4 is 11.4 Å². The summed E-state index contributed by atoms with van der Waals surface area (Å²) in [5.41, 5.74) is 3.72. The molecule has 148 valence electrons. The van der Waals surface area contributed by atoms with Crippen LogP contribution in [0.5, 0.6) is 0 Å². The van der Waals surface area contributed by atoms with E-state index in [1.165, 1.54) is 36.3 Å². The Labute approximate surface area is 166 Å². The molecule has 3 aliphatic rings. The Hall–Kier alpha value is -2.11. The van der Waals surface area contributed by atoms with E-state index in [4.69, 9.17) is 4.74 Å². The number of piperidine rings is 1. The molecule has 0 radical (unpaired) electrons. The van der Waals surface area contributed by atoms with Crippen LogP contribution in [0, 0.1) is 11.7 Å². The van der Waals surface area contributed by atoms with Crippen molar-refractivity contribution in [3.63, 3.8) is 0 Å². The maximum atomic E-state index is 13.1. The molecule has 2 fully saturated rings. The number of likely N-dealkylation sites (tertiary alicyclic amines) is 1. The number of nitrogens with zero attached hydrogens (tertiary/aromatic N) is 2. The molecule has 3 heterocycles. The molecular formula is C23H28FN3O. The van der Waals surface area contributed by atoms with Gasteiger partial charge in [0.2, 0.25) is 0 Å². The number of nitrogens with one attached hydrogen (secondary N) is 1. The molecule has 0 spiro atoms. The molecule has 5 heteroatoms. The minimum Gasteiger partial charge on any atom is -0.373 e. The number of benzene rings is 2. The van der Waals surface area contributed by atoms with Crippen LogP contribution in [0.15, 0.2) is 48.5 Å². The molecule has 2 aromatic rings. The van der Waals surface area contributed by atoms with Gasteiger partial charge in [-0.15, -0.1) is 0 Å². The van der Waals surface area contributed by atoms with Crippen molar-refractivity contribution in [2.45, 2.75) is 31.4 Å². The van der Waals surface area contributed by atoms with Crippen molar-refractivity contribution in [1.29, 1.82) is 0 Å². The normalized spacial score (nSPS) is 25.7. The Balaban J connectivity index is 1.12. The fraction of sp³-hybridized carbons (Fsp3) is 0.478. The first-order valence-corrected chi connectivity index (χ1v) is 10.5. The molecule has 0 amide bonds. The number of halogens is 1. The third kappa shape index (κ3) is 3.61. The second kappa shape index (κ2) is 7.72. The van der Waals surface area contributed by atoms with Gasteiger partial charge in [-0.25, -0.2) is 4.39 Å². The van der Waals surface area contributed by atoms with E-state index in [1.54, 1.807) is 0 Å². The van der Waals surface area contributed by atoms with Gasteiger partial charge in [-0.05, 0) is 55.0 Å². The van der Waals surface area contributed by atoms with Crippen molar-refractivity contribution in [2.75, 3.05) is 43.1 Å². The highest BCUT2D eigenvalue weighted by Gasteiger charge is 2.32. The highest BCUT2D eigenvalue weighted by atomic mass is 19.1. The minimum absolute atomic E-state index is 0.121. The van der Waals surface area contributed by atoms with E-state index in [9.17, 15) is 4.39 Å². The van der Waals surface area contributed by atoms with Gasteiger partial charge in [0.15, 0.2) is 0 Å². The third-order valence-corrected chi connectivity index (χ3v) is 6.49. The average molecular weight is 381 g/mol. The first-order valence-electron chi connectivity index (χ1n) is 10.5. The Bertz CT molecular complexity index is 804. The van der Waals surface area contributed by atoms with Crippen LogP contribution in [-0.2, 0) is 4.74 Å². The fourth-order valence-electron chi connectivity index (χ4n) is 4.96. The van der Waals surface area contributed by atoms with E-state index < -0.39 is 0 Å². The predicted molar refractivity (Wildman–Crippen MR) is 110 cm³/mol. The second-order valence-electron chi connectivity index (χ2n) is 8.33. The summed E-state index contributed by atoms with van der Waals surface area (Å²) in [5.74, 6) is 0.387. The van der Waals surface area contributed by atoms with Crippen LogP contribution in [0.3, 0.4) is 0 Å². The van der Waals surface area contributed by atoms with E-state index in [0.29, 0.717) is 12.0 Å². The number of hydrogen-bond acceptors (Lipinski definition) is 4. The maximum absolute atomic E-state index is 13.1. The van der Waals surface area contributed by atoms with Gasteiger partial charge < -0.3 is 19.9 Å². The van der Waals surface area contributed by atoms with Crippen molar-refractivity contribution < 1.29 is 9.13 Å².